The molecule has 2 heterocycles. The number of rotatable bonds is 8. The van der Waals surface area contributed by atoms with Gasteiger partial charge in [-0.05, 0) is 57.9 Å². The number of carbonyl (C=O) groups excluding carboxylic acids is 2. The van der Waals surface area contributed by atoms with E-state index in [2.05, 4.69) is 25.8 Å². The Morgan fingerprint density at radius 2 is 1.81 bits per heavy atom. The quantitative estimate of drug-likeness (QED) is 0.421. The molecule has 36 heavy (non-hydrogen) atoms. The monoisotopic (exact) mass is 493 g/mol. The number of esters is 1. The molecule has 2 unspecified atom stereocenters. The third kappa shape index (κ3) is 5.81. The minimum Gasteiger partial charge on any atom is -0.474 e. The Labute approximate surface area is 209 Å². The predicted molar refractivity (Wildman–Crippen MR) is 134 cm³/mol. The van der Waals surface area contributed by atoms with E-state index in [-0.39, 0.29) is 18.0 Å². The number of aryl methyl sites for hydroxylation is 1. The van der Waals surface area contributed by atoms with Gasteiger partial charge in [-0.3, -0.25) is 14.6 Å². The number of nitrogens with zero attached hydrogens (tertiary/aromatic N) is 3. The van der Waals surface area contributed by atoms with E-state index in [9.17, 15) is 9.59 Å². The average molecular weight is 494 g/mol. The van der Waals surface area contributed by atoms with Crippen LogP contribution in [-0.2, 0) is 14.3 Å². The Kier molecular flexibility index (Phi) is 7.82. The summed E-state index contributed by atoms with van der Waals surface area (Å²) in [5, 5.41) is 10.3. The van der Waals surface area contributed by atoms with Gasteiger partial charge in [0.05, 0.1) is 37.4 Å². The molecule has 1 aromatic carbocycles. The summed E-state index contributed by atoms with van der Waals surface area (Å²) in [6, 6.07) is 7.26. The van der Waals surface area contributed by atoms with Gasteiger partial charge in [0.15, 0.2) is 11.6 Å². The molecular formula is C26H31N5O5. The molecule has 1 fully saturated rings. The second-order valence-corrected chi connectivity index (χ2v) is 9.09. The first-order valence-electron chi connectivity index (χ1n) is 12.1. The zero-order valence-electron chi connectivity index (χ0n) is 20.9. The fraction of sp³-hybridized carbons (Fsp3) is 0.423. The van der Waals surface area contributed by atoms with Crippen LogP contribution in [-0.4, -0.2) is 40.2 Å². The van der Waals surface area contributed by atoms with Gasteiger partial charge in [-0.1, -0.05) is 18.0 Å². The molecule has 10 nitrogen and oxygen atoms in total. The van der Waals surface area contributed by atoms with Gasteiger partial charge < -0.3 is 24.6 Å². The summed E-state index contributed by atoms with van der Waals surface area (Å²) >= 11 is 0. The molecule has 10 heteroatoms. The van der Waals surface area contributed by atoms with Gasteiger partial charge in [0.2, 0.25) is 11.8 Å². The normalized spacial score (nSPS) is 17.5. The molecule has 0 bridgehead atoms. The zero-order valence-corrected chi connectivity index (χ0v) is 20.9. The SMILES string of the molecule is COC(=O)C1CCCCC1C(=O)Nc1ccc(-c2onc(C)c2Nc2cncc(OC(C)C)n2)cc1. The van der Waals surface area contributed by atoms with E-state index >= 15 is 0 Å². The number of ether oxygens (including phenoxy) is 2. The van der Waals surface area contributed by atoms with Gasteiger partial charge in [0.25, 0.3) is 0 Å². The maximum absolute atomic E-state index is 12.9. The first-order valence-corrected chi connectivity index (χ1v) is 12.1. The number of nitrogens with one attached hydrogen (secondary N) is 2. The largest absolute Gasteiger partial charge is 0.474 e. The molecular weight excluding hydrogens is 462 g/mol. The first-order chi connectivity index (χ1) is 17.4. The van der Waals surface area contributed by atoms with Gasteiger partial charge in [0, 0.05) is 11.3 Å². The first kappa shape index (κ1) is 25.2. The van der Waals surface area contributed by atoms with E-state index in [1.807, 2.05) is 32.9 Å². The Balaban J connectivity index is 1.48. The van der Waals surface area contributed by atoms with Crippen molar-refractivity contribution in [2.45, 2.75) is 52.6 Å². The van der Waals surface area contributed by atoms with Crippen molar-refractivity contribution in [1.29, 1.82) is 0 Å². The van der Waals surface area contributed by atoms with Crippen molar-refractivity contribution < 1.29 is 23.6 Å². The fourth-order valence-corrected chi connectivity index (χ4v) is 4.37. The highest BCUT2D eigenvalue weighted by atomic mass is 16.5. The van der Waals surface area contributed by atoms with Crippen LogP contribution in [0.4, 0.5) is 17.2 Å². The van der Waals surface area contributed by atoms with E-state index in [1.165, 1.54) is 7.11 Å². The minimum absolute atomic E-state index is 0.0223. The number of benzene rings is 1. The highest BCUT2D eigenvalue weighted by molar-refractivity contribution is 5.95. The number of methoxy groups -OCH3 is 1. The van der Waals surface area contributed by atoms with Gasteiger partial charge in [-0.25, -0.2) is 0 Å². The molecule has 1 aliphatic rings. The molecule has 1 aliphatic carbocycles. The van der Waals surface area contributed by atoms with Crippen molar-refractivity contribution >= 4 is 29.1 Å². The van der Waals surface area contributed by atoms with Gasteiger partial charge >= 0.3 is 5.97 Å². The molecule has 0 radical (unpaired) electrons. The zero-order chi connectivity index (χ0) is 25.7. The highest BCUT2D eigenvalue weighted by Gasteiger charge is 2.36. The number of hydrogen-bond acceptors (Lipinski definition) is 9. The maximum atomic E-state index is 12.9. The van der Waals surface area contributed by atoms with Crippen LogP contribution in [0, 0.1) is 18.8 Å². The number of aromatic nitrogens is 3. The average Bonchev–Trinajstić information content (AvgIpc) is 3.23. The second kappa shape index (κ2) is 11.2. The fourth-order valence-electron chi connectivity index (χ4n) is 4.37. The topological polar surface area (TPSA) is 128 Å². The molecule has 1 amide bonds. The number of amides is 1. The summed E-state index contributed by atoms with van der Waals surface area (Å²) in [5.41, 5.74) is 2.72. The summed E-state index contributed by atoms with van der Waals surface area (Å²) in [5.74, 6) is 0.155. The third-order valence-electron chi connectivity index (χ3n) is 6.11. The van der Waals surface area contributed by atoms with Crippen molar-refractivity contribution in [1.82, 2.24) is 15.1 Å². The van der Waals surface area contributed by atoms with Gasteiger partial charge in [-0.2, -0.15) is 4.98 Å². The van der Waals surface area contributed by atoms with Crippen molar-refractivity contribution in [2.75, 3.05) is 17.7 Å². The van der Waals surface area contributed by atoms with Gasteiger partial charge in [-0.15, -0.1) is 0 Å². The Bertz CT molecular complexity index is 1210. The molecule has 1 saturated carbocycles. The van der Waals surface area contributed by atoms with Crippen molar-refractivity contribution in [3.8, 4) is 17.2 Å². The van der Waals surface area contributed by atoms with Crippen molar-refractivity contribution in [3.63, 3.8) is 0 Å². The lowest BCUT2D eigenvalue weighted by atomic mass is 9.78. The van der Waals surface area contributed by atoms with Crippen LogP contribution in [0.25, 0.3) is 11.3 Å². The molecule has 0 aliphatic heterocycles. The van der Waals surface area contributed by atoms with Gasteiger partial charge in [0.1, 0.15) is 11.4 Å². The van der Waals surface area contributed by atoms with Crippen LogP contribution >= 0.6 is 0 Å². The van der Waals surface area contributed by atoms with E-state index in [4.69, 9.17) is 14.0 Å². The van der Waals surface area contributed by atoms with Crippen molar-refractivity contribution in [2.24, 2.45) is 11.8 Å². The Hall–Kier alpha value is -3.95. The number of carbonyl (C=O) groups is 2. The smallest absolute Gasteiger partial charge is 0.309 e. The van der Waals surface area contributed by atoms with Crippen LogP contribution < -0.4 is 15.4 Å². The van der Waals surface area contributed by atoms with Crippen LogP contribution in [0.3, 0.4) is 0 Å². The molecule has 2 aromatic heterocycles. The number of anilines is 3. The van der Waals surface area contributed by atoms with Crippen LogP contribution in [0.15, 0.2) is 41.2 Å². The Morgan fingerprint density at radius 1 is 1.08 bits per heavy atom. The Morgan fingerprint density at radius 3 is 2.50 bits per heavy atom. The second-order valence-electron chi connectivity index (χ2n) is 9.09. The summed E-state index contributed by atoms with van der Waals surface area (Å²) in [6.45, 7) is 5.67. The molecule has 2 N–H and O–H groups in total. The van der Waals surface area contributed by atoms with E-state index in [1.54, 1.807) is 24.5 Å². The van der Waals surface area contributed by atoms with E-state index in [0.717, 1.165) is 18.4 Å². The highest BCUT2D eigenvalue weighted by Crippen LogP contribution is 2.35. The van der Waals surface area contributed by atoms with E-state index in [0.29, 0.717) is 47.4 Å². The summed E-state index contributed by atoms with van der Waals surface area (Å²) < 4.78 is 16.1. The maximum Gasteiger partial charge on any atom is 0.309 e. The van der Waals surface area contributed by atoms with Crippen LogP contribution in [0.2, 0.25) is 0 Å². The summed E-state index contributed by atoms with van der Waals surface area (Å²) in [6.07, 6.45) is 6.30. The molecule has 0 saturated heterocycles. The summed E-state index contributed by atoms with van der Waals surface area (Å²) in [4.78, 5) is 33.7. The minimum atomic E-state index is -0.402. The lowest BCUT2D eigenvalue weighted by Gasteiger charge is -2.28. The van der Waals surface area contributed by atoms with Crippen LogP contribution in [0.1, 0.15) is 45.2 Å². The summed E-state index contributed by atoms with van der Waals surface area (Å²) in [7, 11) is 1.36. The molecule has 190 valence electrons. The van der Waals surface area contributed by atoms with Crippen molar-refractivity contribution in [3.05, 3.63) is 42.4 Å². The van der Waals surface area contributed by atoms with Crippen LogP contribution in [0.5, 0.6) is 5.88 Å². The lowest BCUT2D eigenvalue weighted by Crippen LogP contribution is -2.36. The third-order valence-corrected chi connectivity index (χ3v) is 6.11. The molecule has 4 rings (SSSR count). The number of hydrogen-bond donors (Lipinski definition) is 2. The molecule has 0 spiro atoms. The standard InChI is InChI=1S/C26H31N5O5/c1-15(2)35-22-14-27-13-21(29-22)30-23-16(3)31-36-24(23)17-9-11-18(12-10-17)28-25(32)19-7-5-6-8-20(19)26(33)34-4/h9-15,19-20H,5-8H2,1-4H3,(H,28,32)(H,29,30). The predicted octanol–water partition coefficient (Wildman–Crippen LogP) is 4.89. The molecule has 2 atom stereocenters. The molecule has 3 aromatic rings. The van der Waals surface area contributed by atoms with E-state index < -0.39 is 11.8 Å². The lowest BCUT2D eigenvalue weighted by molar-refractivity contribution is -0.151.